The Balaban J connectivity index is 1.55. The summed E-state index contributed by atoms with van der Waals surface area (Å²) in [5, 5.41) is 20.0. The zero-order valence-corrected chi connectivity index (χ0v) is 17.9. The van der Waals surface area contributed by atoms with E-state index in [0.717, 1.165) is 0 Å². The summed E-state index contributed by atoms with van der Waals surface area (Å²) in [5.41, 5.74) is 1.68. The number of fused-ring (bicyclic) bond motifs is 1. The zero-order chi connectivity index (χ0) is 23.4. The molecule has 4 rings (SSSR count). The highest BCUT2D eigenvalue weighted by molar-refractivity contribution is 5.99. The van der Waals surface area contributed by atoms with Crippen LogP contribution in [-0.2, 0) is 9.53 Å². The van der Waals surface area contributed by atoms with E-state index in [1.807, 2.05) is 0 Å². The lowest BCUT2D eigenvalue weighted by molar-refractivity contribution is -0.143. The summed E-state index contributed by atoms with van der Waals surface area (Å²) in [6, 6.07) is 20.2. The number of ketones is 1. The Kier molecular flexibility index (Phi) is 6.38. The van der Waals surface area contributed by atoms with E-state index >= 15 is 0 Å². The highest BCUT2D eigenvalue weighted by Crippen LogP contribution is 2.40. The van der Waals surface area contributed by atoms with Gasteiger partial charge in [-0.3, -0.25) is 9.59 Å². The Morgan fingerprint density at radius 1 is 1.12 bits per heavy atom. The number of carbonyl (C=O) groups is 2. The minimum Gasteiger partial charge on any atom is -0.493 e. The van der Waals surface area contributed by atoms with Gasteiger partial charge >= 0.3 is 5.97 Å². The van der Waals surface area contributed by atoms with Crippen LogP contribution >= 0.6 is 0 Å². The monoisotopic (exact) mass is 443 g/mol. The first-order valence-corrected chi connectivity index (χ1v) is 10.4. The molecular formula is C26H21NO6. The van der Waals surface area contributed by atoms with Gasteiger partial charge in [-0.05, 0) is 30.2 Å². The van der Waals surface area contributed by atoms with Crippen molar-refractivity contribution >= 4 is 11.8 Å². The number of ether oxygens (including phenoxy) is 3. The highest BCUT2D eigenvalue weighted by atomic mass is 16.5. The number of carbonyl (C=O) groups excluding carboxylic acids is 2. The van der Waals surface area contributed by atoms with E-state index in [-0.39, 0.29) is 17.3 Å². The summed E-state index contributed by atoms with van der Waals surface area (Å²) >= 11 is 0. The van der Waals surface area contributed by atoms with Crippen molar-refractivity contribution < 1.29 is 28.9 Å². The maximum Gasteiger partial charge on any atom is 0.313 e. The molecule has 0 amide bonds. The molecular weight excluding hydrogens is 422 g/mol. The highest BCUT2D eigenvalue weighted by Gasteiger charge is 2.30. The topological polar surface area (TPSA) is 106 Å². The van der Waals surface area contributed by atoms with Crippen LogP contribution in [0.15, 0.2) is 66.7 Å². The molecule has 7 nitrogen and oxygen atoms in total. The molecule has 33 heavy (non-hydrogen) atoms. The molecule has 0 radical (unpaired) electrons. The summed E-state index contributed by atoms with van der Waals surface area (Å²) in [6.45, 7) is 0.347. The maximum atomic E-state index is 12.5. The van der Waals surface area contributed by atoms with Crippen molar-refractivity contribution in [1.82, 2.24) is 0 Å². The molecule has 1 N–H and O–H groups in total. The van der Waals surface area contributed by atoms with Gasteiger partial charge in [0.1, 0.15) is 29.4 Å². The predicted octanol–water partition coefficient (Wildman–Crippen LogP) is 4.31. The summed E-state index contributed by atoms with van der Waals surface area (Å²) in [4.78, 5) is 24.6. The molecule has 1 aliphatic rings. The zero-order valence-electron chi connectivity index (χ0n) is 17.9. The molecule has 0 fully saturated rings. The van der Waals surface area contributed by atoms with E-state index in [1.54, 1.807) is 66.7 Å². The van der Waals surface area contributed by atoms with Crippen molar-refractivity contribution in [2.75, 3.05) is 13.7 Å². The number of hydrogen-bond donors (Lipinski definition) is 1. The third kappa shape index (κ3) is 4.56. The Labute approximate surface area is 190 Å². The van der Waals surface area contributed by atoms with Gasteiger partial charge < -0.3 is 19.3 Å². The number of nitrogens with zero attached hydrogens (tertiary/aromatic N) is 1. The third-order valence-electron chi connectivity index (χ3n) is 5.49. The van der Waals surface area contributed by atoms with Gasteiger partial charge in [-0.25, -0.2) is 0 Å². The van der Waals surface area contributed by atoms with E-state index in [4.69, 9.17) is 14.2 Å². The minimum atomic E-state index is -1.30. The lowest BCUT2D eigenvalue weighted by atomic mass is 9.91. The van der Waals surface area contributed by atoms with Crippen molar-refractivity contribution in [1.29, 1.82) is 5.26 Å². The number of aliphatic hydroxyl groups excluding tert-OH is 1. The number of nitriles is 1. The largest absolute Gasteiger partial charge is 0.493 e. The van der Waals surface area contributed by atoms with Crippen LogP contribution in [-0.4, -0.2) is 30.6 Å². The Hall–Kier alpha value is -4.15. The molecule has 3 aromatic rings. The van der Waals surface area contributed by atoms with E-state index in [0.29, 0.717) is 41.2 Å². The minimum absolute atomic E-state index is 0.247. The van der Waals surface area contributed by atoms with Gasteiger partial charge in [-0.1, -0.05) is 42.5 Å². The van der Waals surface area contributed by atoms with E-state index < -0.39 is 17.8 Å². The maximum absolute atomic E-state index is 12.5. The van der Waals surface area contributed by atoms with Crippen molar-refractivity contribution in [3.8, 4) is 23.3 Å². The molecule has 7 heteroatoms. The van der Waals surface area contributed by atoms with Crippen molar-refractivity contribution in [2.45, 2.75) is 18.4 Å². The van der Waals surface area contributed by atoms with Gasteiger partial charge in [0.05, 0.1) is 25.2 Å². The van der Waals surface area contributed by atoms with Crippen LogP contribution in [0.25, 0.3) is 0 Å². The lowest BCUT2D eigenvalue weighted by Gasteiger charge is -2.25. The van der Waals surface area contributed by atoms with Crippen molar-refractivity contribution in [2.24, 2.45) is 0 Å². The fourth-order valence-corrected chi connectivity index (χ4v) is 3.73. The molecule has 0 saturated heterocycles. The first-order chi connectivity index (χ1) is 16.0. The smallest absolute Gasteiger partial charge is 0.313 e. The molecule has 2 unspecified atom stereocenters. The fourth-order valence-electron chi connectivity index (χ4n) is 3.73. The summed E-state index contributed by atoms with van der Waals surface area (Å²) in [6.07, 6.45) is -0.834. The second-order valence-corrected chi connectivity index (χ2v) is 7.51. The van der Waals surface area contributed by atoms with Crippen LogP contribution in [0.5, 0.6) is 17.2 Å². The first kappa shape index (κ1) is 22.1. The Morgan fingerprint density at radius 2 is 1.85 bits per heavy atom. The van der Waals surface area contributed by atoms with Gasteiger partial charge in [-0.15, -0.1) is 0 Å². The number of esters is 1. The molecule has 0 bridgehead atoms. The predicted molar refractivity (Wildman–Crippen MR) is 118 cm³/mol. The van der Waals surface area contributed by atoms with Crippen molar-refractivity contribution in [3.05, 3.63) is 89.0 Å². The van der Waals surface area contributed by atoms with E-state index in [2.05, 4.69) is 6.07 Å². The number of aliphatic hydroxyl groups is 1. The second kappa shape index (κ2) is 9.55. The van der Waals surface area contributed by atoms with Gasteiger partial charge in [0, 0.05) is 17.2 Å². The standard InChI is InChI=1S/C26H21NO6/c1-31-26(30)20-11-12-32-23-14-22(18(15-27)13-21(20)23)33-19-9-7-17(8-10-19)25(29)24(28)16-5-3-2-4-6-16/h2-10,13-14,20,25,29H,11-12H2,1H3. The normalized spacial score (nSPS) is 15.4. The fraction of sp³-hybridized carbons (Fsp3) is 0.192. The molecule has 166 valence electrons. The number of Topliss-reactive ketones (excluding diaryl/α,β-unsaturated/α-hetero) is 1. The van der Waals surface area contributed by atoms with E-state index in [1.165, 1.54) is 7.11 Å². The molecule has 2 atom stereocenters. The van der Waals surface area contributed by atoms with Crippen LogP contribution in [0, 0.1) is 11.3 Å². The Morgan fingerprint density at radius 3 is 2.52 bits per heavy atom. The van der Waals surface area contributed by atoms with Gasteiger partial charge in [0.2, 0.25) is 0 Å². The van der Waals surface area contributed by atoms with Crippen LogP contribution in [0.4, 0.5) is 0 Å². The summed E-state index contributed by atoms with van der Waals surface area (Å²) < 4.78 is 16.4. The Bertz CT molecular complexity index is 1210. The summed E-state index contributed by atoms with van der Waals surface area (Å²) in [7, 11) is 1.33. The molecule has 0 aliphatic carbocycles. The first-order valence-electron chi connectivity index (χ1n) is 10.4. The number of hydrogen-bond acceptors (Lipinski definition) is 7. The van der Waals surface area contributed by atoms with Gasteiger partial charge in [-0.2, -0.15) is 5.26 Å². The summed E-state index contributed by atoms with van der Waals surface area (Å²) in [5.74, 6) is -0.126. The number of methoxy groups -OCH3 is 1. The quantitative estimate of drug-likeness (QED) is 0.447. The lowest BCUT2D eigenvalue weighted by Crippen LogP contribution is -2.22. The van der Waals surface area contributed by atoms with Crippen LogP contribution in [0.3, 0.4) is 0 Å². The second-order valence-electron chi connectivity index (χ2n) is 7.51. The van der Waals surface area contributed by atoms with Crippen LogP contribution in [0.2, 0.25) is 0 Å². The average Bonchev–Trinajstić information content (AvgIpc) is 2.87. The molecule has 0 spiro atoms. The third-order valence-corrected chi connectivity index (χ3v) is 5.49. The molecule has 1 heterocycles. The number of rotatable bonds is 6. The van der Waals surface area contributed by atoms with Gasteiger partial charge in [0.15, 0.2) is 5.78 Å². The molecule has 0 aromatic heterocycles. The van der Waals surface area contributed by atoms with E-state index in [9.17, 15) is 20.0 Å². The number of benzene rings is 3. The SMILES string of the molecule is COC(=O)C1CCOc2cc(Oc3ccc(C(O)C(=O)c4ccccc4)cc3)c(C#N)cc21. The van der Waals surface area contributed by atoms with Crippen LogP contribution in [0.1, 0.15) is 45.5 Å². The average molecular weight is 443 g/mol. The molecule has 0 saturated carbocycles. The van der Waals surface area contributed by atoms with Crippen molar-refractivity contribution in [3.63, 3.8) is 0 Å². The molecule has 3 aromatic carbocycles. The van der Waals surface area contributed by atoms with Crippen LogP contribution < -0.4 is 9.47 Å². The van der Waals surface area contributed by atoms with Gasteiger partial charge in [0.25, 0.3) is 0 Å². The molecule has 1 aliphatic heterocycles.